The Labute approximate surface area is 131 Å². The maximum absolute atomic E-state index is 13.5. The van der Waals surface area contributed by atoms with E-state index in [0.29, 0.717) is 0 Å². The van der Waals surface area contributed by atoms with Crippen LogP contribution in [0.5, 0.6) is 0 Å². The fourth-order valence-electron chi connectivity index (χ4n) is 2.64. The lowest BCUT2D eigenvalue weighted by molar-refractivity contribution is 0.0936. The van der Waals surface area contributed by atoms with Crippen LogP contribution in [0, 0.1) is 5.82 Å². The van der Waals surface area contributed by atoms with Crippen molar-refractivity contribution in [3.05, 3.63) is 69.0 Å². The van der Waals surface area contributed by atoms with Crippen LogP contribution < -0.4 is 5.32 Å². The van der Waals surface area contributed by atoms with Gasteiger partial charge in [-0.1, -0.05) is 47.5 Å². The monoisotopic (exact) mass is 323 g/mol. The van der Waals surface area contributed by atoms with E-state index in [4.69, 9.17) is 23.2 Å². The second kappa shape index (κ2) is 5.66. The van der Waals surface area contributed by atoms with Crippen molar-refractivity contribution in [1.29, 1.82) is 0 Å². The second-order valence-electron chi connectivity index (χ2n) is 5.01. The minimum absolute atomic E-state index is 0.0662. The molecule has 1 amide bonds. The van der Waals surface area contributed by atoms with Crippen molar-refractivity contribution in [2.45, 2.75) is 18.9 Å². The highest BCUT2D eigenvalue weighted by Crippen LogP contribution is 2.31. The summed E-state index contributed by atoms with van der Waals surface area (Å²) in [7, 11) is 0. The molecule has 0 bridgehead atoms. The predicted molar refractivity (Wildman–Crippen MR) is 81.4 cm³/mol. The van der Waals surface area contributed by atoms with Gasteiger partial charge in [0.15, 0.2) is 0 Å². The van der Waals surface area contributed by atoms with Gasteiger partial charge in [-0.15, -0.1) is 0 Å². The van der Waals surface area contributed by atoms with Crippen LogP contribution in [0.4, 0.5) is 4.39 Å². The SMILES string of the molecule is O=C(N[C@@H]1CCc2ccccc21)c1cc(F)c(Cl)cc1Cl. The molecule has 0 radical (unpaired) electrons. The van der Waals surface area contributed by atoms with Crippen LogP contribution in [-0.2, 0) is 6.42 Å². The summed E-state index contributed by atoms with van der Waals surface area (Å²) in [6.07, 6.45) is 1.75. The van der Waals surface area contributed by atoms with Crippen LogP contribution in [0.3, 0.4) is 0 Å². The quantitative estimate of drug-likeness (QED) is 0.807. The summed E-state index contributed by atoms with van der Waals surface area (Å²) in [6.45, 7) is 0. The molecule has 5 heteroatoms. The van der Waals surface area contributed by atoms with E-state index in [1.807, 2.05) is 18.2 Å². The molecule has 0 saturated carbocycles. The van der Waals surface area contributed by atoms with Crippen LogP contribution in [0.15, 0.2) is 36.4 Å². The number of fused-ring (bicyclic) bond motifs is 1. The lowest BCUT2D eigenvalue weighted by atomic mass is 10.1. The molecule has 0 fully saturated rings. The zero-order valence-corrected chi connectivity index (χ0v) is 12.5. The Bertz CT molecular complexity index is 717. The predicted octanol–water partition coefficient (Wildman–Crippen LogP) is 4.55. The van der Waals surface area contributed by atoms with E-state index in [1.165, 1.54) is 11.6 Å². The van der Waals surface area contributed by atoms with E-state index in [2.05, 4.69) is 11.4 Å². The van der Waals surface area contributed by atoms with Gasteiger partial charge in [0.25, 0.3) is 5.91 Å². The largest absolute Gasteiger partial charge is 0.345 e. The van der Waals surface area contributed by atoms with Gasteiger partial charge in [-0.3, -0.25) is 4.79 Å². The molecule has 1 atom stereocenters. The third-order valence-electron chi connectivity index (χ3n) is 3.69. The number of aryl methyl sites for hydroxylation is 1. The number of carbonyl (C=O) groups is 1. The Morgan fingerprint density at radius 3 is 2.76 bits per heavy atom. The molecule has 1 aliphatic rings. The molecule has 0 saturated heterocycles. The molecule has 108 valence electrons. The number of halogens is 3. The highest BCUT2D eigenvalue weighted by atomic mass is 35.5. The highest BCUT2D eigenvalue weighted by Gasteiger charge is 2.25. The van der Waals surface area contributed by atoms with E-state index in [9.17, 15) is 9.18 Å². The first-order chi connectivity index (χ1) is 10.1. The molecule has 0 heterocycles. The van der Waals surface area contributed by atoms with Gasteiger partial charge in [-0.25, -0.2) is 4.39 Å². The second-order valence-corrected chi connectivity index (χ2v) is 5.82. The molecule has 0 spiro atoms. The minimum atomic E-state index is -0.655. The zero-order chi connectivity index (χ0) is 15.0. The van der Waals surface area contributed by atoms with Gasteiger partial charge in [0.1, 0.15) is 5.82 Å². The molecular formula is C16H12Cl2FNO. The van der Waals surface area contributed by atoms with E-state index in [1.54, 1.807) is 0 Å². The average molecular weight is 324 g/mol. The first-order valence-corrected chi connectivity index (χ1v) is 7.35. The molecule has 1 N–H and O–H groups in total. The first kappa shape index (κ1) is 14.4. The van der Waals surface area contributed by atoms with Gasteiger partial charge in [-0.2, -0.15) is 0 Å². The van der Waals surface area contributed by atoms with Gasteiger partial charge in [0.2, 0.25) is 0 Å². The van der Waals surface area contributed by atoms with Crippen molar-refractivity contribution in [3.8, 4) is 0 Å². The van der Waals surface area contributed by atoms with Crippen LogP contribution in [0.25, 0.3) is 0 Å². The van der Waals surface area contributed by atoms with Crippen LogP contribution in [0.2, 0.25) is 10.0 Å². The highest BCUT2D eigenvalue weighted by molar-refractivity contribution is 6.36. The van der Waals surface area contributed by atoms with Crippen molar-refractivity contribution >= 4 is 29.1 Å². The Morgan fingerprint density at radius 2 is 1.95 bits per heavy atom. The van der Waals surface area contributed by atoms with E-state index < -0.39 is 11.7 Å². The van der Waals surface area contributed by atoms with E-state index in [-0.39, 0.29) is 21.7 Å². The van der Waals surface area contributed by atoms with Crippen molar-refractivity contribution < 1.29 is 9.18 Å². The van der Waals surface area contributed by atoms with Crippen LogP contribution in [0.1, 0.15) is 33.9 Å². The maximum atomic E-state index is 13.5. The fourth-order valence-corrected chi connectivity index (χ4v) is 3.11. The summed E-state index contributed by atoms with van der Waals surface area (Å²) in [5.41, 5.74) is 2.44. The van der Waals surface area contributed by atoms with Gasteiger partial charge in [0.05, 0.1) is 21.7 Å². The van der Waals surface area contributed by atoms with Crippen molar-refractivity contribution in [1.82, 2.24) is 5.32 Å². The van der Waals surface area contributed by atoms with Gasteiger partial charge in [-0.05, 0) is 36.1 Å². The standard InChI is InChI=1S/C16H12Cl2FNO/c17-12-8-13(18)14(19)7-11(12)16(21)20-15-6-5-9-3-1-2-4-10(9)15/h1-4,7-8,15H,5-6H2,(H,20,21)/t15-/m1/s1. The summed E-state index contributed by atoms with van der Waals surface area (Å²) >= 11 is 11.6. The Morgan fingerprint density at radius 1 is 1.19 bits per heavy atom. The topological polar surface area (TPSA) is 29.1 Å². The van der Waals surface area contributed by atoms with Crippen molar-refractivity contribution in [2.75, 3.05) is 0 Å². The van der Waals surface area contributed by atoms with Crippen molar-refractivity contribution in [2.24, 2.45) is 0 Å². The number of amides is 1. The zero-order valence-electron chi connectivity index (χ0n) is 11.0. The summed E-state index contributed by atoms with van der Waals surface area (Å²) < 4.78 is 13.5. The molecule has 2 nitrogen and oxygen atoms in total. The number of nitrogens with one attached hydrogen (secondary N) is 1. The molecule has 2 aromatic rings. The van der Waals surface area contributed by atoms with Gasteiger partial charge in [0, 0.05) is 0 Å². The van der Waals surface area contributed by atoms with Crippen LogP contribution >= 0.6 is 23.2 Å². The fraction of sp³-hybridized carbons (Fsp3) is 0.188. The molecule has 0 aliphatic heterocycles. The summed E-state index contributed by atoms with van der Waals surface area (Å²) in [5.74, 6) is -1.05. The molecule has 21 heavy (non-hydrogen) atoms. The minimum Gasteiger partial charge on any atom is -0.345 e. The third-order valence-corrected chi connectivity index (χ3v) is 4.30. The number of hydrogen-bond donors (Lipinski definition) is 1. The summed E-state index contributed by atoms with van der Waals surface area (Å²) in [6, 6.07) is 10.2. The summed E-state index contributed by atoms with van der Waals surface area (Å²) in [4.78, 5) is 12.3. The molecule has 3 rings (SSSR count). The average Bonchev–Trinajstić information content (AvgIpc) is 2.86. The summed E-state index contributed by atoms with van der Waals surface area (Å²) in [5, 5.41) is 2.95. The molecule has 2 aromatic carbocycles. The van der Waals surface area contributed by atoms with Gasteiger partial charge < -0.3 is 5.32 Å². The molecule has 1 aliphatic carbocycles. The Balaban J connectivity index is 1.84. The Hall–Kier alpha value is -1.58. The number of carbonyl (C=O) groups excluding carboxylic acids is 1. The van der Waals surface area contributed by atoms with Crippen molar-refractivity contribution in [3.63, 3.8) is 0 Å². The normalized spacial score (nSPS) is 16.6. The lowest BCUT2D eigenvalue weighted by Gasteiger charge is -2.15. The molecule has 0 unspecified atom stereocenters. The molecular weight excluding hydrogens is 312 g/mol. The number of hydrogen-bond acceptors (Lipinski definition) is 1. The van der Waals surface area contributed by atoms with E-state index in [0.717, 1.165) is 24.5 Å². The number of rotatable bonds is 2. The van der Waals surface area contributed by atoms with Crippen LogP contribution in [-0.4, -0.2) is 5.91 Å². The Kier molecular flexibility index (Phi) is 3.87. The maximum Gasteiger partial charge on any atom is 0.253 e. The molecule has 0 aromatic heterocycles. The van der Waals surface area contributed by atoms with E-state index >= 15 is 0 Å². The first-order valence-electron chi connectivity index (χ1n) is 6.59. The number of benzene rings is 2. The lowest BCUT2D eigenvalue weighted by Crippen LogP contribution is -2.27. The smallest absolute Gasteiger partial charge is 0.253 e. The van der Waals surface area contributed by atoms with Gasteiger partial charge >= 0.3 is 0 Å². The third kappa shape index (κ3) is 2.76.